The molecule has 7 heteroatoms. The first kappa shape index (κ1) is 15.8. The smallest absolute Gasteiger partial charge is 0.265 e. The summed E-state index contributed by atoms with van der Waals surface area (Å²) in [7, 11) is 0. The molecular formula is C16H13Cl2NO4. The van der Waals surface area contributed by atoms with Gasteiger partial charge < -0.3 is 19.5 Å². The molecule has 0 saturated heterocycles. The van der Waals surface area contributed by atoms with Gasteiger partial charge in [0.1, 0.15) is 5.75 Å². The number of fused-ring (bicyclic) bond motifs is 1. The highest BCUT2D eigenvalue weighted by atomic mass is 35.5. The SMILES string of the molecule is C[C@@H](Oc1ccc2c(c1)OCO2)C(=O)Nc1cc(Cl)cc(Cl)c1. The molecule has 5 nitrogen and oxygen atoms in total. The van der Waals surface area contributed by atoms with Crippen LogP contribution in [0.4, 0.5) is 5.69 Å². The first-order valence-electron chi connectivity index (χ1n) is 6.84. The molecule has 0 unspecified atom stereocenters. The molecule has 2 aromatic carbocycles. The van der Waals surface area contributed by atoms with Crippen molar-refractivity contribution in [2.24, 2.45) is 0 Å². The standard InChI is InChI=1S/C16H13Cl2NO4/c1-9(16(20)19-12-5-10(17)4-11(18)6-12)23-13-2-3-14-15(7-13)22-8-21-14/h2-7,9H,8H2,1H3,(H,19,20)/t9-/m1/s1. The van der Waals surface area contributed by atoms with Crippen molar-refractivity contribution in [3.8, 4) is 17.2 Å². The van der Waals surface area contributed by atoms with Crippen LogP contribution in [-0.4, -0.2) is 18.8 Å². The average molecular weight is 354 g/mol. The maximum atomic E-state index is 12.2. The summed E-state index contributed by atoms with van der Waals surface area (Å²) in [6.07, 6.45) is -0.715. The maximum absolute atomic E-state index is 12.2. The number of benzene rings is 2. The third-order valence-corrected chi connectivity index (χ3v) is 3.59. The zero-order valence-corrected chi connectivity index (χ0v) is 13.6. The molecule has 1 aliphatic rings. The van der Waals surface area contributed by atoms with E-state index in [1.807, 2.05) is 0 Å². The number of amides is 1. The van der Waals surface area contributed by atoms with Crippen molar-refractivity contribution in [3.05, 3.63) is 46.4 Å². The minimum atomic E-state index is -0.715. The van der Waals surface area contributed by atoms with E-state index in [-0.39, 0.29) is 12.7 Å². The van der Waals surface area contributed by atoms with Gasteiger partial charge in [0.05, 0.1) is 0 Å². The van der Waals surface area contributed by atoms with Crippen LogP contribution < -0.4 is 19.5 Å². The lowest BCUT2D eigenvalue weighted by Gasteiger charge is -2.15. The van der Waals surface area contributed by atoms with Gasteiger partial charge >= 0.3 is 0 Å². The number of carbonyl (C=O) groups excluding carboxylic acids is 1. The monoisotopic (exact) mass is 353 g/mol. The second-order valence-corrected chi connectivity index (χ2v) is 5.80. The minimum absolute atomic E-state index is 0.185. The highest BCUT2D eigenvalue weighted by molar-refractivity contribution is 6.35. The van der Waals surface area contributed by atoms with Gasteiger partial charge in [-0.3, -0.25) is 4.79 Å². The maximum Gasteiger partial charge on any atom is 0.265 e. The van der Waals surface area contributed by atoms with Crippen LogP contribution in [0.25, 0.3) is 0 Å². The van der Waals surface area contributed by atoms with Gasteiger partial charge in [-0.1, -0.05) is 23.2 Å². The molecule has 0 aliphatic carbocycles. The molecule has 0 aromatic heterocycles. The van der Waals surface area contributed by atoms with E-state index in [0.29, 0.717) is 33.0 Å². The number of hydrogen-bond acceptors (Lipinski definition) is 4. The number of ether oxygens (including phenoxy) is 3. The lowest BCUT2D eigenvalue weighted by atomic mass is 10.2. The summed E-state index contributed by atoms with van der Waals surface area (Å²) in [5.41, 5.74) is 0.508. The van der Waals surface area contributed by atoms with Crippen LogP contribution in [0.2, 0.25) is 10.0 Å². The highest BCUT2D eigenvalue weighted by Crippen LogP contribution is 2.35. The van der Waals surface area contributed by atoms with Crippen LogP contribution in [-0.2, 0) is 4.79 Å². The van der Waals surface area contributed by atoms with Crippen LogP contribution >= 0.6 is 23.2 Å². The molecule has 1 N–H and O–H groups in total. The molecule has 1 aliphatic heterocycles. The summed E-state index contributed by atoms with van der Waals surface area (Å²) in [4.78, 5) is 12.2. The van der Waals surface area contributed by atoms with E-state index < -0.39 is 6.10 Å². The number of hydrogen-bond donors (Lipinski definition) is 1. The Bertz CT molecular complexity index is 731. The fraction of sp³-hybridized carbons (Fsp3) is 0.188. The number of halogens is 2. The van der Waals surface area contributed by atoms with E-state index in [1.54, 1.807) is 43.3 Å². The Hall–Kier alpha value is -2.11. The van der Waals surface area contributed by atoms with Crippen molar-refractivity contribution in [2.45, 2.75) is 13.0 Å². The van der Waals surface area contributed by atoms with Crippen LogP contribution in [0.15, 0.2) is 36.4 Å². The molecule has 0 fully saturated rings. The second-order valence-electron chi connectivity index (χ2n) is 4.92. The van der Waals surface area contributed by atoms with E-state index in [4.69, 9.17) is 37.4 Å². The van der Waals surface area contributed by atoms with Crippen LogP contribution in [0.3, 0.4) is 0 Å². The molecule has 3 rings (SSSR count). The second kappa shape index (κ2) is 6.56. The van der Waals surface area contributed by atoms with E-state index in [0.717, 1.165) is 0 Å². The van der Waals surface area contributed by atoms with Crippen LogP contribution in [0, 0.1) is 0 Å². The predicted molar refractivity (Wildman–Crippen MR) is 87.7 cm³/mol. The van der Waals surface area contributed by atoms with Crippen molar-refractivity contribution in [1.29, 1.82) is 0 Å². The Labute approximate surface area is 143 Å². The molecule has 0 spiro atoms. The summed E-state index contributed by atoms with van der Waals surface area (Å²) < 4.78 is 16.1. The van der Waals surface area contributed by atoms with Crippen molar-refractivity contribution >= 4 is 34.8 Å². The highest BCUT2D eigenvalue weighted by Gasteiger charge is 2.18. The predicted octanol–water partition coefficient (Wildman–Crippen LogP) is 4.13. The van der Waals surface area contributed by atoms with Gasteiger partial charge in [-0.15, -0.1) is 0 Å². The number of anilines is 1. The van der Waals surface area contributed by atoms with E-state index in [9.17, 15) is 4.79 Å². The molecule has 2 aromatic rings. The van der Waals surface area contributed by atoms with Gasteiger partial charge in [-0.25, -0.2) is 0 Å². The normalized spacial score (nSPS) is 13.5. The van der Waals surface area contributed by atoms with Crippen molar-refractivity contribution in [2.75, 3.05) is 12.1 Å². The largest absolute Gasteiger partial charge is 0.481 e. The lowest BCUT2D eigenvalue weighted by Crippen LogP contribution is -2.30. The number of nitrogens with one attached hydrogen (secondary N) is 1. The first-order chi connectivity index (χ1) is 11.0. The molecule has 1 atom stereocenters. The molecular weight excluding hydrogens is 341 g/mol. The average Bonchev–Trinajstić information content (AvgIpc) is 2.93. The molecule has 0 radical (unpaired) electrons. The third-order valence-electron chi connectivity index (χ3n) is 3.16. The minimum Gasteiger partial charge on any atom is -0.481 e. The van der Waals surface area contributed by atoms with Crippen LogP contribution in [0.5, 0.6) is 17.2 Å². The summed E-state index contributed by atoms with van der Waals surface area (Å²) >= 11 is 11.8. The molecule has 1 amide bonds. The summed E-state index contributed by atoms with van der Waals surface area (Å²) in [5.74, 6) is 1.45. The van der Waals surface area contributed by atoms with Gasteiger partial charge in [-0.2, -0.15) is 0 Å². The van der Waals surface area contributed by atoms with Gasteiger partial charge in [-0.05, 0) is 37.3 Å². The van der Waals surface area contributed by atoms with Crippen molar-refractivity contribution in [3.63, 3.8) is 0 Å². The number of rotatable bonds is 4. The summed E-state index contributed by atoms with van der Waals surface area (Å²) in [6.45, 7) is 1.83. The quantitative estimate of drug-likeness (QED) is 0.897. The Morgan fingerprint density at radius 1 is 1.13 bits per heavy atom. The fourth-order valence-electron chi connectivity index (χ4n) is 2.08. The fourth-order valence-corrected chi connectivity index (χ4v) is 2.60. The summed E-state index contributed by atoms with van der Waals surface area (Å²) in [6, 6.07) is 9.94. The Morgan fingerprint density at radius 2 is 1.83 bits per heavy atom. The molecule has 0 saturated carbocycles. The van der Waals surface area contributed by atoms with Gasteiger partial charge in [0.25, 0.3) is 5.91 Å². The molecule has 23 heavy (non-hydrogen) atoms. The molecule has 120 valence electrons. The zero-order chi connectivity index (χ0) is 16.4. The van der Waals surface area contributed by atoms with Crippen molar-refractivity contribution in [1.82, 2.24) is 0 Å². The molecule has 0 bridgehead atoms. The van der Waals surface area contributed by atoms with Crippen molar-refractivity contribution < 1.29 is 19.0 Å². The first-order valence-corrected chi connectivity index (χ1v) is 7.60. The van der Waals surface area contributed by atoms with E-state index in [2.05, 4.69) is 5.32 Å². The van der Waals surface area contributed by atoms with Gasteiger partial charge in [0.15, 0.2) is 17.6 Å². The topological polar surface area (TPSA) is 56.8 Å². The molecule has 1 heterocycles. The van der Waals surface area contributed by atoms with E-state index >= 15 is 0 Å². The van der Waals surface area contributed by atoms with E-state index in [1.165, 1.54) is 0 Å². The Balaban J connectivity index is 1.65. The Morgan fingerprint density at radius 3 is 2.57 bits per heavy atom. The van der Waals surface area contributed by atoms with Gasteiger partial charge in [0, 0.05) is 21.8 Å². The van der Waals surface area contributed by atoms with Gasteiger partial charge in [0.2, 0.25) is 6.79 Å². The summed E-state index contributed by atoms with van der Waals surface area (Å²) in [5, 5.41) is 3.59. The van der Waals surface area contributed by atoms with Crippen LogP contribution in [0.1, 0.15) is 6.92 Å². The zero-order valence-electron chi connectivity index (χ0n) is 12.1. The third kappa shape index (κ3) is 3.81. The Kier molecular flexibility index (Phi) is 4.50. The number of carbonyl (C=O) groups is 1. The lowest BCUT2D eigenvalue weighted by molar-refractivity contribution is -0.122.